The van der Waals surface area contributed by atoms with Gasteiger partial charge < -0.3 is 44.8 Å². The SMILES string of the molecule is COC(=O)[C@H]1O[C@@H](O[C@H]2CC[C@@]3(C)[C@@H](CC[C@]4(C)[C@@H]3CC=C3[C@@H]5[C@H](O)C(C)(C)CC[C@]5(C(=O)O)CC[C@]34C)[C@]2(C)CO)[C@H](O)[C@@H](O)[C@@H]1O. The van der Waals surface area contributed by atoms with Crippen LogP contribution in [0.25, 0.3) is 0 Å². The number of hydrogen-bond acceptors (Lipinski definition) is 10. The van der Waals surface area contributed by atoms with Crippen LogP contribution in [0.15, 0.2) is 11.6 Å². The van der Waals surface area contributed by atoms with Crippen molar-refractivity contribution in [2.24, 2.45) is 50.2 Å². The van der Waals surface area contributed by atoms with Crippen LogP contribution in [0.2, 0.25) is 0 Å². The number of carbonyl (C=O) groups excluding carboxylic acids is 1. The van der Waals surface area contributed by atoms with Crippen LogP contribution in [-0.2, 0) is 23.8 Å². The Morgan fingerprint density at radius 3 is 2.17 bits per heavy atom. The number of carbonyl (C=O) groups is 2. The first-order chi connectivity index (χ1) is 22.3. The molecule has 6 aliphatic rings. The predicted octanol–water partition coefficient (Wildman–Crippen LogP) is 3.18. The predicted molar refractivity (Wildman–Crippen MR) is 173 cm³/mol. The van der Waals surface area contributed by atoms with E-state index in [1.54, 1.807) is 0 Å². The fourth-order valence-corrected chi connectivity index (χ4v) is 12.3. The van der Waals surface area contributed by atoms with E-state index in [-0.39, 0.29) is 40.1 Å². The van der Waals surface area contributed by atoms with Crippen LogP contribution in [0.4, 0.5) is 0 Å². The van der Waals surface area contributed by atoms with Gasteiger partial charge in [-0.3, -0.25) is 4.79 Å². The number of methoxy groups -OCH3 is 1. The van der Waals surface area contributed by atoms with Crippen molar-refractivity contribution in [1.29, 1.82) is 0 Å². The Kier molecular flexibility index (Phi) is 8.84. The van der Waals surface area contributed by atoms with Crippen molar-refractivity contribution < 1.29 is 54.4 Å². The van der Waals surface area contributed by atoms with Crippen LogP contribution in [0.1, 0.15) is 99.3 Å². The van der Waals surface area contributed by atoms with Crippen molar-refractivity contribution in [1.82, 2.24) is 0 Å². The molecule has 6 N–H and O–H groups in total. The summed E-state index contributed by atoms with van der Waals surface area (Å²) in [6.45, 7) is 13.0. The van der Waals surface area contributed by atoms with Crippen molar-refractivity contribution in [3.8, 4) is 0 Å². The van der Waals surface area contributed by atoms with Gasteiger partial charge in [0.1, 0.15) is 18.3 Å². The molecule has 0 aromatic carbocycles. The number of hydrogen-bond donors (Lipinski definition) is 6. The highest BCUT2D eigenvalue weighted by Crippen LogP contribution is 2.76. The number of esters is 1. The van der Waals surface area contributed by atoms with Crippen LogP contribution in [0.3, 0.4) is 0 Å². The number of rotatable bonds is 5. The van der Waals surface area contributed by atoms with Crippen LogP contribution in [-0.4, -0.2) is 99.2 Å². The molecule has 5 fully saturated rings. The fraction of sp³-hybridized carbons (Fsp3) is 0.892. The van der Waals surface area contributed by atoms with E-state index in [1.807, 2.05) is 6.92 Å². The molecule has 11 heteroatoms. The van der Waals surface area contributed by atoms with Gasteiger partial charge in [0, 0.05) is 11.3 Å². The summed E-state index contributed by atoms with van der Waals surface area (Å²) in [5.74, 6) is -1.86. The van der Waals surface area contributed by atoms with Crippen molar-refractivity contribution in [2.75, 3.05) is 13.7 Å². The molecule has 0 aromatic heterocycles. The summed E-state index contributed by atoms with van der Waals surface area (Å²) in [5.41, 5.74) is -1.65. The maximum absolute atomic E-state index is 13.0. The van der Waals surface area contributed by atoms with Crippen LogP contribution in [0.5, 0.6) is 0 Å². The van der Waals surface area contributed by atoms with Crippen molar-refractivity contribution in [3.63, 3.8) is 0 Å². The highest BCUT2D eigenvalue weighted by Gasteiger charge is 2.71. The van der Waals surface area contributed by atoms with Gasteiger partial charge in [-0.25, -0.2) is 4.79 Å². The van der Waals surface area contributed by atoms with Gasteiger partial charge >= 0.3 is 11.9 Å². The average Bonchev–Trinajstić information content (AvgIpc) is 3.04. The van der Waals surface area contributed by atoms with Crippen molar-refractivity contribution in [2.45, 2.75) is 142 Å². The zero-order valence-corrected chi connectivity index (χ0v) is 29.6. The van der Waals surface area contributed by atoms with E-state index in [2.05, 4.69) is 40.7 Å². The van der Waals surface area contributed by atoms with Crippen molar-refractivity contribution in [3.05, 3.63) is 11.6 Å². The van der Waals surface area contributed by atoms with Gasteiger partial charge in [0.05, 0.1) is 31.3 Å². The molecular weight excluding hydrogens is 620 g/mol. The largest absolute Gasteiger partial charge is 0.481 e. The summed E-state index contributed by atoms with van der Waals surface area (Å²) < 4.78 is 16.8. The first-order valence-electron chi connectivity index (χ1n) is 17.9. The minimum atomic E-state index is -1.69. The molecule has 15 atom stereocenters. The van der Waals surface area contributed by atoms with Crippen LogP contribution >= 0.6 is 0 Å². The smallest absolute Gasteiger partial charge is 0.337 e. The minimum Gasteiger partial charge on any atom is -0.481 e. The van der Waals surface area contributed by atoms with E-state index in [0.717, 1.165) is 44.8 Å². The number of aliphatic hydroxyl groups excluding tert-OH is 5. The summed E-state index contributed by atoms with van der Waals surface area (Å²) in [6, 6.07) is 0. The van der Waals surface area contributed by atoms with Gasteiger partial charge in [0.2, 0.25) is 0 Å². The number of ether oxygens (including phenoxy) is 3. The highest BCUT2D eigenvalue weighted by atomic mass is 16.7. The Balaban J connectivity index is 1.32. The summed E-state index contributed by atoms with van der Waals surface area (Å²) >= 11 is 0. The first-order valence-corrected chi connectivity index (χ1v) is 17.9. The molecule has 0 aromatic rings. The van der Waals surface area contributed by atoms with E-state index in [0.29, 0.717) is 25.7 Å². The monoisotopic (exact) mass is 678 g/mol. The molecular formula is C37H58O11. The van der Waals surface area contributed by atoms with E-state index in [1.165, 1.54) is 0 Å². The van der Waals surface area contributed by atoms with E-state index in [9.17, 15) is 40.2 Å². The number of allylic oxidation sites excluding steroid dienone is 1. The maximum atomic E-state index is 13.0. The van der Waals surface area contributed by atoms with Crippen LogP contribution in [0, 0.1) is 50.2 Å². The molecule has 5 aliphatic carbocycles. The molecule has 0 unspecified atom stereocenters. The summed E-state index contributed by atoms with van der Waals surface area (Å²) in [7, 11) is 1.14. The van der Waals surface area contributed by atoms with Gasteiger partial charge in [-0.15, -0.1) is 0 Å². The van der Waals surface area contributed by atoms with E-state index >= 15 is 0 Å². The fourth-order valence-electron chi connectivity index (χ4n) is 12.3. The molecule has 0 spiro atoms. The number of carboxylic acids is 1. The molecule has 0 radical (unpaired) electrons. The zero-order chi connectivity index (χ0) is 35.4. The van der Waals surface area contributed by atoms with Gasteiger partial charge in [-0.2, -0.15) is 0 Å². The van der Waals surface area contributed by atoms with Crippen LogP contribution < -0.4 is 0 Å². The van der Waals surface area contributed by atoms with Gasteiger partial charge in [-0.05, 0) is 91.3 Å². The highest BCUT2D eigenvalue weighted by molar-refractivity contribution is 5.77. The normalized spacial score (nSPS) is 52.9. The minimum absolute atomic E-state index is 0.0268. The van der Waals surface area contributed by atoms with Gasteiger partial charge in [0.25, 0.3) is 0 Å². The molecule has 1 heterocycles. The third kappa shape index (κ3) is 4.70. The van der Waals surface area contributed by atoms with Gasteiger partial charge in [-0.1, -0.05) is 53.2 Å². The molecule has 48 heavy (non-hydrogen) atoms. The second kappa shape index (κ2) is 11.7. The Bertz CT molecular complexity index is 1330. The lowest BCUT2D eigenvalue weighted by molar-refractivity contribution is -0.327. The number of carboxylic acid groups (broad SMARTS) is 1. The molecule has 0 amide bonds. The Labute approximate surface area is 284 Å². The quantitative estimate of drug-likeness (QED) is 0.143. The van der Waals surface area contributed by atoms with E-state index in [4.69, 9.17) is 14.2 Å². The zero-order valence-electron chi connectivity index (χ0n) is 29.6. The Hall–Kier alpha value is -1.60. The maximum Gasteiger partial charge on any atom is 0.337 e. The number of fused-ring (bicyclic) bond motifs is 7. The second-order valence-electron chi connectivity index (χ2n) is 17.9. The molecule has 11 nitrogen and oxygen atoms in total. The number of aliphatic carboxylic acids is 1. The second-order valence-corrected chi connectivity index (χ2v) is 17.9. The standard InChI is InChI=1S/C37H58O11/c1-32(2)14-16-37(31(44)45)17-15-35(5)19(23(37)28(32)42)8-9-21-33(3)12-11-22(34(4,18-38)20(33)10-13-36(21,35)6)47-30-26(41)24(39)25(40)27(48-30)29(43)46-7/h8,20-28,30,38-42H,9-18H2,1-7H3,(H,44,45)/t20-,21-,22+,23-,24+,25+,26-,27+,28+,30-,33+,34+,35-,36-,37+/m1/s1. The molecule has 1 aliphatic heterocycles. The van der Waals surface area contributed by atoms with Crippen molar-refractivity contribution >= 4 is 11.9 Å². The lowest BCUT2D eigenvalue weighted by Crippen LogP contribution is -2.68. The topological polar surface area (TPSA) is 183 Å². The summed E-state index contributed by atoms with van der Waals surface area (Å²) in [6.07, 6.45) is -0.711. The third-order valence-electron chi connectivity index (χ3n) is 15.7. The molecule has 0 bridgehead atoms. The summed E-state index contributed by atoms with van der Waals surface area (Å²) in [5, 5.41) is 65.3. The Morgan fingerprint density at radius 2 is 1.54 bits per heavy atom. The molecule has 6 rings (SSSR count). The lowest BCUT2D eigenvalue weighted by Gasteiger charge is -2.71. The lowest BCUT2D eigenvalue weighted by atomic mass is 9.33. The van der Waals surface area contributed by atoms with Gasteiger partial charge in [0.15, 0.2) is 12.4 Å². The Morgan fingerprint density at radius 1 is 0.875 bits per heavy atom. The van der Waals surface area contributed by atoms with E-state index < -0.39 is 71.6 Å². The summed E-state index contributed by atoms with van der Waals surface area (Å²) in [4.78, 5) is 25.3. The molecule has 272 valence electrons. The average molecular weight is 679 g/mol. The molecule has 4 saturated carbocycles. The molecule has 1 saturated heterocycles. The third-order valence-corrected chi connectivity index (χ3v) is 15.7. The first kappa shape index (κ1) is 36.2. The number of aliphatic hydroxyl groups is 5.